The van der Waals surface area contributed by atoms with Crippen LogP contribution in [0.2, 0.25) is 0 Å². The van der Waals surface area contributed by atoms with Gasteiger partial charge in [0.1, 0.15) is 66.2 Å². The summed E-state index contributed by atoms with van der Waals surface area (Å²) in [6.45, 7) is 28.1. The number of amides is 11. The Bertz CT molecular complexity index is 2720. The molecule has 1 fully saturated rings. The molecule has 1 heterocycles. The molecule has 11 amide bonds. The van der Waals surface area contributed by atoms with Crippen LogP contribution in [-0.4, -0.2) is 232 Å². The highest BCUT2D eigenvalue weighted by molar-refractivity contribution is 5.99. The molecule has 1 saturated heterocycles. The highest BCUT2D eigenvalue weighted by Crippen LogP contribution is 2.26. The smallest absolute Gasteiger partial charge is 0.246 e. The van der Waals surface area contributed by atoms with E-state index in [1.54, 1.807) is 58.9 Å². The highest BCUT2D eigenvalue weighted by Gasteiger charge is 2.46. The minimum absolute atomic E-state index is 0.0112. The number of likely N-dealkylation sites (N-methyl/N-ethyl adjacent to an activating group) is 7. The summed E-state index contributed by atoms with van der Waals surface area (Å²) in [6.07, 6.45) is 2.84. The van der Waals surface area contributed by atoms with Gasteiger partial charge in [-0.3, -0.25) is 52.7 Å². The van der Waals surface area contributed by atoms with Crippen LogP contribution in [0.1, 0.15) is 161 Å². The lowest BCUT2D eigenvalue weighted by molar-refractivity contribution is -0.157. The molecule has 0 aliphatic carbocycles. The van der Waals surface area contributed by atoms with Crippen molar-refractivity contribution in [3.8, 4) is 5.75 Å². The van der Waals surface area contributed by atoms with Gasteiger partial charge in [-0.15, -0.1) is 0 Å². The maximum Gasteiger partial charge on any atom is 0.246 e. The van der Waals surface area contributed by atoms with E-state index in [9.17, 15) is 48.6 Å². The standard InChI is InChI=1S/C69H117N11O13/c1-24-26-27-45(15)59(83)58-63(87)71-49(25-2)65(89)74(17)38-56(82)75(18)53(37-47-28-30-48(81)31-29-47)62(86)73-51(33-40(5)6)66(90)76(19)52(34-41(7)8)61(85)72-50(32-39(3)4)60(84)70-46(16)64(88)77(20)54(35-42(9)10)67(91)78(21)55(36-43(11)12)68(92)79(22)57(44(13)14)69(93)80(58)23/h24,26,28-31,39-46,49-55,57-59,81,83H,25,27,32-38H2,1-23H3,(H,70,84)(H,71,87)(H,72,85)(H,73,86)/b26-24+/t45-,46-,49+,50+,51+,52+,53+,54+,55+,57+,58+,59-/m1/s1. The lowest BCUT2D eigenvalue weighted by Crippen LogP contribution is -2.63. The molecule has 24 heteroatoms. The number of aromatic hydroxyl groups is 1. The molecule has 1 aliphatic rings. The molecule has 1 aromatic carbocycles. The number of allylic oxidation sites excluding steroid dienone is 2. The molecule has 0 aromatic heterocycles. The second-order valence-corrected chi connectivity index (χ2v) is 28.3. The largest absolute Gasteiger partial charge is 0.508 e. The van der Waals surface area contributed by atoms with Crippen molar-refractivity contribution in [1.29, 1.82) is 0 Å². The van der Waals surface area contributed by atoms with Gasteiger partial charge in [0.15, 0.2) is 0 Å². The van der Waals surface area contributed by atoms with Crippen LogP contribution in [-0.2, 0) is 59.2 Å². The summed E-state index contributed by atoms with van der Waals surface area (Å²) in [5, 5.41) is 33.6. The van der Waals surface area contributed by atoms with Gasteiger partial charge >= 0.3 is 0 Å². The summed E-state index contributed by atoms with van der Waals surface area (Å²) in [6, 6.07) is -6.80. The monoisotopic (exact) mass is 1310 g/mol. The second kappa shape index (κ2) is 37.7. The van der Waals surface area contributed by atoms with Gasteiger partial charge in [0.2, 0.25) is 65.0 Å². The Morgan fingerprint density at radius 1 is 0.473 bits per heavy atom. The lowest BCUT2D eigenvalue weighted by atomic mass is 9.91. The SMILES string of the molecule is C/C=C/C[C@@H](C)[C@@H](O)[C@H]1C(=O)N[C@@H](CC)C(=O)N(C)CC(=O)N(C)[C@@H](Cc2ccc(O)cc2)C(=O)N[C@@H](CC(C)C)C(=O)N(C)[C@@H](CC(C)C)C(=O)N[C@@H](CC(C)C)C(=O)N[C@H](C)C(=O)N(C)[C@@H](CC(C)C)C(=O)N(C)[C@@H](CC(C)C)C(=O)N(C)[C@@H](C(C)C)C(=O)N1C. The Balaban J connectivity index is 3.09. The van der Waals surface area contributed by atoms with E-state index in [2.05, 4.69) is 21.3 Å². The number of rotatable bonds is 18. The maximum absolute atomic E-state index is 15.2. The third kappa shape index (κ3) is 23.7. The van der Waals surface area contributed by atoms with Crippen LogP contribution in [0, 0.1) is 41.4 Å². The molecule has 1 aromatic rings. The minimum Gasteiger partial charge on any atom is -0.508 e. The molecule has 0 saturated carbocycles. The van der Waals surface area contributed by atoms with E-state index >= 15 is 14.4 Å². The van der Waals surface area contributed by atoms with Crippen LogP contribution in [0.3, 0.4) is 0 Å². The van der Waals surface area contributed by atoms with E-state index in [1.807, 2.05) is 69.2 Å². The number of hydrogen-bond donors (Lipinski definition) is 6. The van der Waals surface area contributed by atoms with Gasteiger partial charge in [0.25, 0.3) is 0 Å². The van der Waals surface area contributed by atoms with Crippen LogP contribution >= 0.6 is 0 Å². The Hall–Kier alpha value is -7.11. The zero-order chi connectivity index (χ0) is 71.4. The van der Waals surface area contributed by atoms with Crippen molar-refractivity contribution in [1.82, 2.24) is 55.6 Å². The van der Waals surface area contributed by atoms with Gasteiger partial charge in [-0.1, -0.05) is 121 Å². The summed E-state index contributed by atoms with van der Waals surface area (Å²) in [5.41, 5.74) is 0.527. The third-order valence-corrected chi connectivity index (χ3v) is 17.4. The fourth-order valence-electron chi connectivity index (χ4n) is 11.9. The molecule has 6 N–H and O–H groups in total. The molecule has 24 nitrogen and oxygen atoms in total. The van der Waals surface area contributed by atoms with Crippen molar-refractivity contribution < 1.29 is 63.0 Å². The van der Waals surface area contributed by atoms with Crippen LogP contribution in [0.15, 0.2) is 36.4 Å². The topological polar surface area (TPSA) is 299 Å². The molecule has 2 rings (SSSR count). The number of benzene rings is 1. The van der Waals surface area contributed by atoms with Crippen LogP contribution in [0.4, 0.5) is 0 Å². The van der Waals surface area contributed by atoms with E-state index in [4.69, 9.17) is 0 Å². The maximum atomic E-state index is 15.2. The number of carbonyl (C=O) groups excluding carboxylic acids is 11. The van der Waals surface area contributed by atoms with E-state index < -0.39 is 150 Å². The molecule has 0 unspecified atom stereocenters. The third-order valence-electron chi connectivity index (χ3n) is 17.4. The zero-order valence-corrected chi connectivity index (χ0v) is 60.2. The van der Waals surface area contributed by atoms with E-state index in [0.29, 0.717) is 12.0 Å². The number of nitrogens with one attached hydrogen (secondary N) is 4. The van der Waals surface area contributed by atoms with Gasteiger partial charge in [-0.25, -0.2) is 0 Å². The Morgan fingerprint density at radius 2 is 0.903 bits per heavy atom. The molecule has 93 heavy (non-hydrogen) atoms. The predicted molar refractivity (Wildman–Crippen MR) is 359 cm³/mol. The fraction of sp³-hybridized carbons (Fsp3) is 0.725. The molecule has 526 valence electrons. The number of aliphatic hydroxyl groups excluding tert-OH is 1. The summed E-state index contributed by atoms with van der Waals surface area (Å²) in [5.74, 6) is -9.83. The Kier molecular flexibility index (Phi) is 33.2. The van der Waals surface area contributed by atoms with Crippen molar-refractivity contribution in [3.63, 3.8) is 0 Å². The molecule has 0 bridgehead atoms. The van der Waals surface area contributed by atoms with Crippen LogP contribution < -0.4 is 21.3 Å². The fourth-order valence-corrected chi connectivity index (χ4v) is 11.9. The van der Waals surface area contributed by atoms with E-state index in [-0.39, 0.29) is 80.3 Å². The predicted octanol–water partition coefficient (Wildman–Crippen LogP) is 4.59. The van der Waals surface area contributed by atoms with Crippen molar-refractivity contribution >= 4 is 65.0 Å². The van der Waals surface area contributed by atoms with E-state index in [1.165, 1.54) is 88.0 Å². The molecule has 0 spiro atoms. The highest BCUT2D eigenvalue weighted by atomic mass is 16.3. The van der Waals surface area contributed by atoms with Gasteiger partial charge in [-0.05, 0) is 118 Å². The number of phenols is 1. The number of carbonyl (C=O) groups is 11. The second-order valence-electron chi connectivity index (χ2n) is 28.3. The minimum atomic E-state index is -1.64. The van der Waals surface area contributed by atoms with Gasteiger partial charge in [0, 0.05) is 55.8 Å². The first kappa shape index (κ1) is 82.0. The molecular weight excluding hydrogens is 1190 g/mol. The quantitative estimate of drug-likeness (QED) is 0.110. The van der Waals surface area contributed by atoms with Crippen molar-refractivity contribution in [2.75, 3.05) is 55.9 Å². The normalized spacial score (nSPS) is 25.6. The van der Waals surface area contributed by atoms with Gasteiger partial charge in [0.05, 0.1) is 12.6 Å². The van der Waals surface area contributed by atoms with Crippen molar-refractivity contribution in [2.45, 2.75) is 229 Å². The average molecular weight is 1310 g/mol. The number of nitrogens with zero attached hydrogens (tertiary/aromatic N) is 7. The summed E-state index contributed by atoms with van der Waals surface area (Å²) in [7, 11) is 9.86. The van der Waals surface area contributed by atoms with Crippen molar-refractivity contribution in [3.05, 3.63) is 42.0 Å². The summed E-state index contributed by atoms with van der Waals surface area (Å²) in [4.78, 5) is 172. The number of aliphatic hydroxyl groups is 1. The first-order valence-corrected chi connectivity index (χ1v) is 33.3. The van der Waals surface area contributed by atoms with Crippen LogP contribution in [0.5, 0.6) is 5.75 Å². The average Bonchev–Trinajstić information content (AvgIpc) is 0.843. The van der Waals surface area contributed by atoms with Gasteiger partial charge < -0.3 is 65.8 Å². The molecule has 12 atom stereocenters. The van der Waals surface area contributed by atoms with Crippen LogP contribution in [0.25, 0.3) is 0 Å². The molecule has 0 radical (unpaired) electrons. The van der Waals surface area contributed by atoms with Gasteiger partial charge in [-0.2, -0.15) is 0 Å². The molecule has 1 aliphatic heterocycles. The Labute approximate surface area is 555 Å². The summed E-state index contributed by atoms with van der Waals surface area (Å²) < 4.78 is 0. The van der Waals surface area contributed by atoms with E-state index in [0.717, 1.165) is 14.7 Å². The Morgan fingerprint density at radius 3 is 1.39 bits per heavy atom. The zero-order valence-electron chi connectivity index (χ0n) is 60.2. The first-order chi connectivity index (χ1) is 43.1. The number of hydrogen-bond acceptors (Lipinski definition) is 13. The lowest BCUT2D eigenvalue weighted by Gasteiger charge is -2.41. The summed E-state index contributed by atoms with van der Waals surface area (Å²) >= 11 is 0. The number of phenolic OH excluding ortho intramolecular Hbond substituents is 1. The first-order valence-electron chi connectivity index (χ1n) is 33.3. The molecular formula is C69H117N11O13. The van der Waals surface area contributed by atoms with Crippen molar-refractivity contribution in [2.24, 2.45) is 41.4 Å².